The average molecular weight is 1040 g/mol. The standard InChI is InChI=1S/C52H61N7O16/c1-29(50(67)58-38(49(53)66)21-23-42(63)71-26-32-13-7-4-8-14-32)55-51(68)30(2)74-48-45(56-31(3)60)52(73-27-33-15-9-5-10-16-33)75-40(47(48)65)28-72-41(62)17-11-6-12-24-54-37-20-22-39(59(69)70)44-43(37)46(64)35-25-34(61)18-19-36(35)57-44/h4-5,7-10,13-16,18-20,22,25,29-30,38,40,45,47-48,52,54,61,65H,6,11-12,17,21,23-24,26-28H2,1-3H3,(H2,53,66)(H,55,68)(H,56,60)(H,57,64)(H,58,67)/t29-,30?,38+,40?,45?,47?,48?,52?/m0/s1. The predicted octanol–water partition coefficient (Wildman–Crippen LogP) is 3.39. The van der Waals surface area contributed by atoms with Gasteiger partial charge in [0.2, 0.25) is 23.6 Å². The number of aromatic nitrogens is 1. The molecule has 6 rings (SSSR count). The molecule has 0 aliphatic carbocycles. The van der Waals surface area contributed by atoms with Gasteiger partial charge in [0.15, 0.2) is 11.7 Å². The Bertz CT molecular complexity index is 2890. The lowest BCUT2D eigenvalue weighted by Crippen LogP contribution is -2.66. The molecule has 0 radical (unpaired) electrons. The van der Waals surface area contributed by atoms with Gasteiger partial charge in [-0.15, -0.1) is 0 Å². The van der Waals surface area contributed by atoms with Gasteiger partial charge in [0.25, 0.3) is 5.69 Å². The van der Waals surface area contributed by atoms with Crippen LogP contribution in [0.4, 0.5) is 11.4 Å². The molecule has 1 aromatic heterocycles. The van der Waals surface area contributed by atoms with E-state index in [-0.39, 0.29) is 60.2 Å². The molecule has 23 nitrogen and oxygen atoms in total. The number of nitrogens with one attached hydrogen (secondary N) is 5. The van der Waals surface area contributed by atoms with Gasteiger partial charge >= 0.3 is 11.9 Å². The molecule has 23 heteroatoms. The first-order chi connectivity index (χ1) is 35.9. The summed E-state index contributed by atoms with van der Waals surface area (Å²) >= 11 is 0. The third-order valence-corrected chi connectivity index (χ3v) is 12.2. The molecule has 400 valence electrons. The number of phenols is 1. The second kappa shape index (κ2) is 26.8. The highest BCUT2D eigenvalue weighted by molar-refractivity contribution is 6.03. The first-order valence-corrected chi connectivity index (χ1v) is 24.3. The van der Waals surface area contributed by atoms with Crippen molar-refractivity contribution in [1.82, 2.24) is 20.9 Å². The van der Waals surface area contributed by atoms with Gasteiger partial charge in [0.1, 0.15) is 67.0 Å². The molecule has 8 atom stereocenters. The largest absolute Gasteiger partial charge is 0.508 e. The Morgan fingerprint density at radius 2 is 1.53 bits per heavy atom. The van der Waals surface area contributed by atoms with Gasteiger partial charge < -0.3 is 65.9 Å². The van der Waals surface area contributed by atoms with Crippen LogP contribution in [0.25, 0.3) is 21.8 Å². The van der Waals surface area contributed by atoms with Crippen LogP contribution in [0.5, 0.6) is 5.75 Å². The van der Waals surface area contributed by atoms with Crippen LogP contribution < -0.4 is 32.4 Å². The van der Waals surface area contributed by atoms with E-state index < -0.39 is 101 Å². The number of fused-ring (bicyclic) bond motifs is 2. The van der Waals surface area contributed by atoms with Crippen molar-refractivity contribution in [1.29, 1.82) is 0 Å². The smallest absolute Gasteiger partial charge is 0.306 e. The van der Waals surface area contributed by atoms with Gasteiger partial charge in [-0.1, -0.05) is 67.1 Å². The number of rotatable bonds is 26. The minimum atomic E-state index is -1.63. The molecular weight excluding hydrogens is 979 g/mol. The number of nitro benzene ring substituents is 1. The van der Waals surface area contributed by atoms with Gasteiger partial charge in [-0.3, -0.25) is 43.7 Å². The number of nitro groups is 1. The van der Waals surface area contributed by atoms with E-state index in [9.17, 15) is 53.9 Å². The van der Waals surface area contributed by atoms with Gasteiger partial charge in [0.05, 0.1) is 22.4 Å². The van der Waals surface area contributed by atoms with Crippen molar-refractivity contribution in [2.45, 2.75) is 121 Å². The fourth-order valence-electron chi connectivity index (χ4n) is 8.24. The Kier molecular flexibility index (Phi) is 20.1. The molecule has 4 amide bonds. The summed E-state index contributed by atoms with van der Waals surface area (Å²) in [7, 11) is 0. The lowest BCUT2D eigenvalue weighted by atomic mass is 9.96. The van der Waals surface area contributed by atoms with Crippen LogP contribution in [0.2, 0.25) is 0 Å². The minimum Gasteiger partial charge on any atom is -0.508 e. The number of ether oxygens (including phenoxy) is 5. The van der Waals surface area contributed by atoms with Crippen molar-refractivity contribution in [2.75, 3.05) is 18.5 Å². The zero-order valence-electron chi connectivity index (χ0n) is 41.5. The number of H-pyrrole nitrogens is 1. The summed E-state index contributed by atoms with van der Waals surface area (Å²) in [5, 5.41) is 44.5. The number of aliphatic hydroxyl groups is 1. The van der Waals surface area contributed by atoms with Crippen LogP contribution in [-0.2, 0) is 65.7 Å². The molecule has 1 saturated heterocycles. The molecular formula is C52H61N7O16. The number of carbonyl (C=O) groups is 6. The number of anilines is 1. The summed E-state index contributed by atoms with van der Waals surface area (Å²) < 4.78 is 29.1. The summed E-state index contributed by atoms with van der Waals surface area (Å²) in [5.41, 5.74) is 6.90. The maximum Gasteiger partial charge on any atom is 0.306 e. The van der Waals surface area contributed by atoms with Gasteiger partial charge in [-0.25, -0.2) is 0 Å². The summed E-state index contributed by atoms with van der Waals surface area (Å²) in [6.07, 6.45) is -6.10. The number of hydrogen-bond acceptors (Lipinski definition) is 17. The van der Waals surface area contributed by atoms with Crippen LogP contribution in [0.3, 0.4) is 0 Å². The second-order valence-corrected chi connectivity index (χ2v) is 17.9. The fraction of sp³-hybridized carbons (Fsp3) is 0.404. The van der Waals surface area contributed by atoms with Gasteiger partial charge in [-0.2, -0.15) is 0 Å². The van der Waals surface area contributed by atoms with Crippen molar-refractivity contribution in [3.8, 4) is 5.75 Å². The number of pyridine rings is 1. The van der Waals surface area contributed by atoms with Crippen molar-refractivity contribution in [2.24, 2.45) is 5.73 Å². The number of aliphatic hydroxyl groups excluding tert-OH is 1. The molecule has 0 spiro atoms. The Hall–Kier alpha value is -7.99. The SMILES string of the molecule is CC(=O)NC1C(OCc2ccccc2)OC(COC(=O)CCCCCNc2ccc([N+](=O)[O-])c3[nH]c4ccc(O)cc4c(=O)c23)C(O)C1OC(C)C(=O)N[C@@H](C)C(=O)N[C@H](CCC(=O)OCc1ccccc1)C(N)=O. The summed E-state index contributed by atoms with van der Waals surface area (Å²) in [6.45, 7) is 3.74. The number of amides is 4. The van der Waals surface area contributed by atoms with Gasteiger partial charge in [-0.05, 0) is 68.5 Å². The number of esters is 2. The summed E-state index contributed by atoms with van der Waals surface area (Å²) in [4.78, 5) is 105. The maximum atomic E-state index is 13.6. The third-order valence-electron chi connectivity index (χ3n) is 12.2. The molecule has 4 aromatic carbocycles. The monoisotopic (exact) mass is 1040 g/mol. The number of primary amides is 1. The number of unbranched alkanes of at least 4 members (excludes halogenated alkanes) is 2. The summed E-state index contributed by atoms with van der Waals surface area (Å²) in [6, 6.07) is 21.0. The highest BCUT2D eigenvalue weighted by Gasteiger charge is 2.49. The van der Waals surface area contributed by atoms with Gasteiger partial charge in [0, 0.05) is 43.5 Å². The molecule has 2 heterocycles. The molecule has 1 fully saturated rings. The van der Waals surface area contributed by atoms with Crippen LogP contribution in [-0.4, -0.2) is 118 Å². The van der Waals surface area contributed by atoms with E-state index in [1.807, 2.05) is 12.1 Å². The van der Waals surface area contributed by atoms with Crippen molar-refractivity contribution in [3.05, 3.63) is 122 Å². The zero-order valence-corrected chi connectivity index (χ0v) is 41.5. The van der Waals surface area contributed by atoms with Crippen LogP contribution in [0, 0.1) is 10.1 Å². The highest BCUT2D eigenvalue weighted by Crippen LogP contribution is 2.31. The van der Waals surface area contributed by atoms with E-state index in [0.29, 0.717) is 37.0 Å². The number of hydrogen-bond donors (Lipinski definition) is 8. The lowest BCUT2D eigenvalue weighted by Gasteiger charge is -2.45. The average Bonchev–Trinajstić information content (AvgIpc) is 3.38. The topological polar surface area (TPSA) is 339 Å². The lowest BCUT2D eigenvalue weighted by molar-refractivity contribution is -0.383. The van der Waals surface area contributed by atoms with Crippen molar-refractivity contribution in [3.63, 3.8) is 0 Å². The number of phenolic OH excluding ortho intramolecular Hbond substituents is 1. The molecule has 1 aliphatic heterocycles. The zero-order chi connectivity index (χ0) is 54.2. The maximum absolute atomic E-state index is 13.6. The highest BCUT2D eigenvalue weighted by atomic mass is 16.7. The van der Waals surface area contributed by atoms with E-state index in [1.54, 1.807) is 48.5 Å². The van der Waals surface area contributed by atoms with E-state index in [2.05, 4.69) is 26.3 Å². The first kappa shape index (κ1) is 56.3. The Morgan fingerprint density at radius 1 is 0.853 bits per heavy atom. The molecule has 0 bridgehead atoms. The normalized spacial score (nSPS) is 18.5. The number of aromatic amines is 1. The van der Waals surface area contributed by atoms with Crippen LogP contribution in [0.1, 0.15) is 70.4 Å². The predicted molar refractivity (Wildman–Crippen MR) is 270 cm³/mol. The molecule has 5 aromatic rings. The number of nitrogens with two attached hydrogens (primary N) is 1. The first-order valence-electron chi connectivity index (χ1n) is 24.3. The molecule has 9 N–H and O–H groups in total. The van der Waals surface area contributed by atoms with E-state index >= 15 is 0 Å². The van der Waals surface area contributed by atoms with E-state index in [0.717, 1.165) is 11.1 Å². The number of nitrogens with zero attached hydrogens (tertiary/aromatic N) is 1. The second-order valence-electron chi connectivity index (χ2n) is 17.9. The minimum absolute atomic E-state index is 0.0139. The number of benzene rings is 4. The number of aromatic hydroxyl groups is 1. The summed E-state index contributed by atoms with van der Waals surface area (Å²) in [5.74, 6) is -4.51. The Morgan fingerprint density at radius 3 is 2.20 bits per heavy atom. The Balaban J connectivity index is 1.03. The Labute approximate surface area is 429 Å². The van der Waals surface area contributed by atoms with Crippen LogP contribution in [0.15, 0.2) is 95.8 Å². The molecule has 1 aliphatic rings. The molecule has 0 saturated carbocycles. The van der Waals surface area contributed by atoms with Crippen molar-refractivity contribution >= 4 is 68.7 Å². The van der Waals surface area contributed by atoms with Crippen LogP contribution >= 0.6 is 0 Å². The number of non-ortho nitro benzene ring substituents is 1. The van der Waals surface area contributed by atoms with Crippen molar-refractivity contribution < 1.29 is 67.6 Å². The third kappa shape index (κ3) is 15.8. The quantitative estimate of drug-likeness (QED) is 0.0129. The molecule has 75 heavy (non-hydrogen) atoms. The number of carbonyl (C=O) groups excluding carboxylic acids is 6. The fourth-order valence-corrected chi connectivity index (χ4v) is 8.24. The van der Waals surface area contributed by atoms with E-state index in [1.165, 1.54) is 51.1 Å². The molecule has 6 unspecified atom stereocenters. The van der Waals surface area contributed by atoms with E-state index in [4.69, 9.17) is 29.4 Å².